The number of aromatic nitrogens is 2. The molecule has 2 aromatic rings. The normalized spacial score (nSPS) is 12.4. The first-order valence-electron chi connectivity index (χ1n) is 5.84. The van der Waals surface area contributed by atoms with Gasteiger partial charge in [0, 0.05) is 32.0 Å². The number of hydrogen-bond acceptors (Lipinski definition) is 2. The van der Waals surface area contributed by atoms with Gasteiger partial charge in [-0.15, -0.1) is 0 Å². The lowest BCUT2D eigenvalue weighted by Crippen LogP contribution is -2.06. The summed E-state index contributed by atoms with van der Waals surface area (Å²) in [6, 6.07) is 6.52. The molecule has 0 aliphatic rings. The molecule has 0 aliphatic heterocycles. The fourth-order valence-electron chi connectivity index (χ4n) is 1.70. The predicted molar refractivity (Wildman–Crippen MR) is 86.8 cm³/mol. The van der Waals surface area contributed by atoms with E-state index < -0.39 is 0 Å². The highest BCUT2D eigenvalue weighted by Crippen LogP contribution is 2.25. The second-order valence-electron chi connectivity index (χ2n) is 4.12. The summed E-state index contributed by atoms with van der Waals surface area (Å²) < 4.78 is 4.27. The maximum absolute atomic E-state index is 4.30. The molecule has 3 nitrogen and oxygen atoms in total. The standard InChI is InChI=1S/C13H15BrIN3/c1-3-18-8-10(7-16-18)9(2)17-11-4-5-12(14)13(15)6-11/h4-9,17H,3H2,1-2H3. The monoisotopic (exact) mass is 419 g/mol. The fraction of sp³-hybridized carbons (Fsp3) is 0.308. The third-order valence-electron chi connectivity index (χ3n) is 2.78. The molecular weight excluding hydrogens is 405 g/mol. The predicted octanol–water partition coefficient (Wildman–Crippen LogP) is 4.44. The van der Waals surface area contributed by atoms with Gasteiger partial charge >= 0.3 is 0 Å². The van der Waals surface area contributed by atoms with Crippen LogP contribution < -0.4 is 5.32 Å². The van der Waals surface area contributed by atoms with Crippen LogP contribution in [0.3, 0.4) is 0 Å². The van der Waals surface area contributed by atoms with Crippen LogP contribution >= 0.6 is 38.5 Å². The van der Waals surface area contributed by atoms with Gasteiger partial charge in [0.1, 0.15) is 0 Å². The highest BCUT2D eigenvalue weighted by molar-refractivity contribution is 14.1. The molecule has 1 unspecified atom stereocenters. The van der Waals surface area contributed by atoms with Gasteiger partial charge in [-0.1, -0.05) is 0 Å². The first-order valence-corrected chi connectivity index (χ1v) is 7.71. The third kappa shape index (κ3) is 3.26. The Bertz CT molecular complexity index is 539. The molecule has 1 aromatic carbocycles. The first-order chi connectivity index (χ1) is 8.60. The molecule has 5 heteroatoms. The van der Waals surface area contributed by atoms with E-state index >= 15 is 0 Å². The molecule has 0 saturated heterocycles. The lowest BCUT2D eigenvalue weighted by Gasteiger charge is -2.14. The zero-order valence-corrected chi connectivity index (χ0v) is 14.1. The summed E-state index contributed by atoms with van der Waals surface area (Å²) in [4.78, 5) is 0. The van der Waals surface area contributed by atoms with E-state index in [2.05, 4.69) is 87.2 Å². The third-order valence-corrected chi connectivity index (χ3v) is 5.11. The highest BCUT2D eigenvalue weighted by atomic mass is 127. The van der Waals surface area contributed by atoms with Crippen LogP contribution in [0.25, 0.3) is 0 Å². The van der Waals surface area contributed by atoms with Crippen molar-refractivity contribution in [2.45, 2.75) is 26.4 Å². The summed E-state index contributed by atoms with van der Waals surface area (Å²) in [5, 5.41) is 7.78. The van der Waals surface area contributed by atoms with Crippen LogP contribution in [-0.4, -0.2) is 9.78 Å². The van der Waals surface area contributed by atoms with Gasteiger partial charge in [-0.3, -0.25) is 4.68 Å². The Balaban J connectivity index is 2.10. The quantitative estimate of drug-likeness (QED) is 0.742. The summed E-state index contributed by atoms with van der Waals surface area (Å²) in [5.74, 6) is 0. The number of halogens is 2. The van der Waals surface area contributed by atoms with Crippen molar-refractivity contribution >= 4 is 44.2 Å². The Morgan fingerprint density at radius 1 is 1.50 bits per heavy atom. The van der Waals surface area contributed by atoms with Crippen molar-refractivity contribution < 1.29 is 0 Å². The zero-order chi connectivity index (χ0) is 13.1. The molecule has 0 aliphatic carbocycles. The van der Waals surface area contributed by atoms with Gasteiger partial charge in [0.2, 0.25) is 0 Å². The molecule has 0 saturated carbocycles. The van der Waals surface area contributed by atoms with E-state index in [1.54, 1.807) is 0 Å². The molecule has 1 N–H and O–H groups in total. The topological polar surface area (TPSA) is 29.9 Å². The molecule has 2 rings (SSSR count). The van der Waals surface area contributed by atoms with Gasteiger partial charge < -0.3 is 5.32 Å². The maximum atomic E-state index is 4.30. The summed E-state index contributed by atoms with van der Waals surface area (Å²) in [7, 11) is 0. The number of nitrogens with zero attached hydrogens (tertiary/aromatic N) is 2. The summed E-state index contributed by atoms with van der Waals surface area (Å²) in [5.41, 5.74) is 2.33. The van der Waals surface area contributed by atoms with E-state index in [4.69, 9.17) is 0 Å². The van der Waals surface area contributed by atoms with Crippen molar-refractivity contribution in [1.29, 1.82) is 0 Å². The molecule has 0 amide bonds. The number of hydrogen-bond donors (Lipinski definition) is 1. The molecule has 18 heavy (non-hydrogen) atoms. The maximum Gasteiger partial charge on any atom is 0.0542 e. The number of benzene rings is 1. The summed E-state index contributed by atoms with van der Waals surface area (Å²) >= 11 is 5.82. The smallest absolute Gasteiger partial charge is 0.0542 e. The average Bonchev–Trinajstić information content (AvgIpc) is 2.82. The van der Waals surface area contributed by atoms with E-state index in [0.29, 0.717) is 0 Å². The number of aryl methyl sites for hydroxylation is 1. The molecule has 0 bridgehead atoms. The van der Waals surface area contributed by atoms with Gasteiger partial charge in [-0.25, -0.2) is 0 Å². The largest absolute Gasteiger partial charge is 0.378 e. The van der Waals surface area contributed by atoms with E-state index in [0.717, 1.165) is 16.7 Å². The second kappa shape index (κ2) is 6.06. The average molecular weight is 420 g/mol. The van der Waals surface area contributed by atoms with Crippen molar-refractivity contribution in [1.82, 2.24) is 9.78 Å². The van der Waals surface area contributed by atoms with Crippen LogP contribution in [0.15, 0.2) is 35.1 Å². The van der Waals surface area contributed by atoms with Crippen molar-refractivity contribution in [2.75, 3.05) is 5.32 Å². The van der Waals surface area contributed by atoms with Crippen molar-refractivity contribution in [3.05, 3.63) is 44.2 Å². The fourth-order valence-corrected chi connectivity index (χ4v) is 2.46. The Morgan fingerprint density at radius 2 is 2.28 bits per heavy atom. The first kappa shape index (κ1) is 13.9. The molecule has 0 radical (unpaired) electrons. The molecule has 1 heterocycles. The molecular formula is C13H15BrIN3. The highest BCUT2D eigenvalue weighted by Gasteiger charge is 2.08. The van der Waals surface area contributed by atoms with Crippen molar-refractivity contribution in [2.24, 2.45) is 0 Å². The SMILES string of the molecule is CCn1cc(C(C)Nc2ccc(Br)c(I)c2)cn1. The minimum absolute atomic E-state index is 0.252. The van der Waals surface area contributed by atoms with E-state index in [1.807, 2.05) is 10.9 Å². The van der Waals surface area contributed by atoms with E-state index in [-0.39, 0.29) is 6.04 Å². The molecule has 96 valence electrons. The molecule has 0 spiro atoms. The van der Waals surface area contributed by atoms with Crippen molar-refractivity contribution in [3.8, 4) is 0 Å². The minimum Gasteiger partial charge on any atom is -0.378 e. The van der Waals surface area contributed by atoms with Gasteiger partial charge in [0.05, 0.1) is 12.2 Å². The molecule has 1 aromatic heterocycles. The Kier molecular flexibility index (Phi) is 4.66. The Labute approximate surface area is 129 Å². The zero-order valence-electron chi connectivity index (χ0n) is 10.3. The van der Waals surface area contributed by atoms with Gasteiger partial charge in [-0.2, -0.15) is 5.10 Å². The molecule has 1 atom stereocenters. The molecule has 0 fully saturated rings. The van der Waals surface area contributed by atoms with Crippen molar-refractivity contribution in [3.63, 3.8) is 0 Å². The number of anilines is 1. The van der Waals surface area contributed by atoms with Crippen LogP contribution in [0.2, 0.25) is 0 Å². The van der Waals surface area contributed by atoms with Gasteiger partial charge in [-0.05, 0) is 70.6 Å². The second-order valence-corrected chi connectivity index (χ2v) is 6.14. The lowest BCUT2D eigenvalue weighted by molar-refractivity contribution is 0.658. The van der Waals surface area contributed by atoms with Crippen LogP contribution in [0.1, 0.15) is 25.5 Å². The number of rotatable bonds is 4. The minimum atomic E-state index is 0.252. The lowest BCUT2D eigenvalue weighted by atomic mass is 10.2. The van der Waals surface area contributed by atoms with E-state index in [9.17, 15) is 0 Å². The van der Waals surface area contributed by atoms with Crippen LogP contribution in [-0.2, 0) is 6.54 Å². The Hall–Kier alpha value is -0.560. The van der Waals surface area contributed by atoms with Gasteiger partial charge in [0.15, 0.2) is 0 Å². The van der Waals surface area contributed by atoms with Crippen LogP contribution in [0, 0.1) is 3.57 Å². The Morgan fingerprint density at radius 3 is 2.89 bits per heavy atom. The number of nitrogens with one attached hydrogen (secondary N) is 1. The van der Waals surface area contributed by atoms with E-state index in [1.165, 1.54) is 9.13 Å². The van der Waals surface area contributed by atoms with Gasteiger partial charge in [0.25, 0.3) is 0 Å². The summed E-state index contributed by atoms with van der Waals surface area (Å²) in [6.45, 7) is 5.14. The van der Waals surface area contributed by atoms with Crippen LogP contribution in [0.4, 0.5) is 5.69 Å². The summed E-state index contributed by atoms with van der Waals surface area (Å²) in [6.07, 6.45) is 4.01. The van der Waals surface area contributed by atoms with Crippen LogP contribution in [0.5, 0.6) is 0 Å².